The number of halogens is 1. The highest BCUT2D eigenvalue weighted by Crippen LogP contribution is 2.20. The second kappa shape index (κ2) is 5.95. The summed E-state index contributed by atoms with van der Waals surface area (Å²) in [6, 6.07) is 0.781. The predicted octanol–water partition coefficient (Wildman–Crippen LogP) is 1.67. The fraction of sp³-hybridized carbons (Fsp3) is 0.273. The fourth-order valence-corrected chi connectivity index (χ4v) is 1.26. The molecule has 1 unspecified atom stereocenters. The summed E-state index contributed by atoms with van der Waals surface area (Å²) >= 11 is 0. The van der Waals surface area contributed by atoms with Crippen molar-refractivity contribution in [1.29, 1.82) is 0 Å². The first kappa shape index (κ1) is 15.3. The number of likely N-dealkylation sites (N-methyl/N-ethyl adjacent to an activating group) is 1. The molecule has 0 aliphatic carbocycles. The number of rotatable bonds is 4. The van der Waals surface area contributed by atoms with E-state index < -0.39 is 34.5 Å². The van der Waals surface area contributed by atoms with Crippen molar-refractivity contribution in [3.05, 3.63) is 34.1 Å². The average Bonchev–Trinajstić information content (AvgIpc) is 2.38. The predicted molar refractivity (Wildman–Crippen MR) is 66.9 cm³/mol. The number of carbonyl (C=O) groups excluding carboxylic acids is 1. The van der Waals surface area contributed by atoms with Gasteiger partial charge in [0.25, 0.3) is 5.69 Å². The van der Waals surface area contributed by atoms with E-state index in [1.165, 1.54) is 14.0 Å². The molecule has 0 saturated carbocycles. The Bertz CT molecular complexity index is 563. The zero-order valence-electron chi connectivity index (χ0n) is 10.7. The molecule has 0 aliphatic rings. The first-order valence-corrected chi connectivity index (χ1v) is 5.44. The second-order valence-corrected chi connectivity index (χ2v) is 3.98. The monoisotopic (exact) mass is 285 g/mol. The number of benzene rings is 1. The van der Waals surface area contributed by atoms with Crippen LogP contribution in [0.15, 0.2) is 18.2 Å². The first-order chi connectivity index (χ1) is 9.23. The number of anilines is 1. The molecule has 1 aromatic rings. The molecule has 0 radical (unpaired) electrons. The Labute approximate surface area is 113 Å². The highest BCUT2D eigenvalue weighted by Gasteiger charge is 2.22. The van der Waals surface area contributed by atoms with Gasteiger partial charge in [-0.05, 0) is 13.0 Å². The van der Waals surface area contributed by atoms with Crippen LogP contribution in [0.1, 0.15) is 6.92 Å². The van der Waals surface area contributed by atoms with Gasteiger partial charge >= 0.3 is 12.0 Å². The van der Waals surface area contributed by atoms with E-state index >= 15 is 0 Å². The Morgan fingerprint density at radius 3 is 2.55 bits per heavy atom. The van der Waals surface area contributed by atoms with Gasteiger partial charge in [0.05, 0.1) is 16.7 Å². The third-order valence-corrected chi connectivity index (χ3v) is 2.66. The smallest absolute Gasteiger partial charge is 0.326 e. The van der Waals surface area contributed by atoms with Gasteiger partial charge in [0, 0.05) is 13.1 Å². The molecule has 9 heteroatoms. The Morgan fingerprint density at radius 1 is 1.50 bits per heavy atom. The van der Waals surface area contributed by atoms with Crippen LogP contribution >= 0.6 is 0 Å². The number of hydrogen-bond donors (Lipinski definition) is 2. The Hall–Kier alpha value is -2.71. The lowest BCUT2D eigenvalue weighted by Gasteiger charge is -2.21. The summed E-state index contributed by atoms with van der Waals surface area (Å²) in [5.41, 5.74) is -0.724. The van der Waals surface area contributed by atoms with E-state index in [4.69, 9.17) is 5.11 Å². The quantitative estimate of drug-likeness (QED) is 0.645. The summed E-state index contributed by atoms with van der Waals surface area (Å²) in [5, 5.41) is 21.3. The summed E-state index contributed by atoms with van der Waals surface area (Å²) in [4.78, 5) is 32.9. The van der Waals surface area contributed by atoms with Crippen LogP contribution in [0.3, 0.4) is 0 Å². The van der Waals surface area contributed by atoms with E-state index in [9.17, 15) is 24.1 Å². The van der Waals surface area contributed by atoms with Gasteiger partial charge in [0.2, 0.25) is 0 Å². The summed E-state index contributed by atoms with van der Waals surface area (Å²) in [6.45, 7) is 1.29. The summed E-state index contributed by atoms with van der Waals surface area (Å²) < 4.78 is 13.5. The van der Waals surface area contributed by atoms with E-state index in [1.807, 2.05) is 0 Å². The molecule has 2 N–H and O–H groups in total. The number of carbonyl (C=O) groups is 2. The number of carboxylic acid groups (broad SMARTS) is 1. The number of nitrogens with zero attached hydrogens (tertiary/aromatic N) is 2. The Balaban J connectivity index is 2.86. The number of urea groups is 1. The van der Waals surface area contributed by atoms with Crippen molar-refractivity contribution in [2.75, 3.05) is 12.4 Å². The van der Waals surface area contributed by atoms with Crippen molar-refractivity contribution in [2.45, 2.75) is 13.0 Å². The van der Waals surface area contributed by atoms with E-state index in [0.29, 0.717) is 6.07 Å². The minimum atomic E-state index is -1.22. The lowest BCUT2D eigenvalue weighted by Crippen LogP contribution is -2.42. The van der Waals surface area contributed by atoms with E-state index in [1.54, 1.807) is 0 Å². The average molecular weight is 285 g/mol. The number of non-ortho nitro benzene ring substituents is 1. The Kier molecular flexibility index (Phi) is 4.57. The van der Waals surface area contributed by atoms with Gasteiger partial charge in [-0.1, -0.05) is 0 Å². The van der Waals surface area contributed by atoms with Crippen LogP contribution in [0.2, 0.25) is 0 Å². The topological polar surface area (TPSA) is 113 Å². The van der Waals surface area contributed by atoms with Gasteiger partial charge in [0.1, 0.15) is 6.04 Å². The van der Waals surface area contributed by atoms with Crippen LogP contribution in [0.4, 0.5) is 20.6 Å². The van der Waals surface area contributed by atoms with Crippen LogP contribution in [0, 0.1) is 15.9 Å². The largest absolute Gasteiger partial charge is 0.480 e. The maximum absolute atomic E-state index is 13.5. The zero-order valence-corrected chi connectivity index (χ0v) is 10.7. The van der Waals surface area contributed by atoms with Crippen molar-refractivity contribution in [2.24, 2.45) is 0 Å². The van der Waals surface area contributed by atoms with Gasteiger partial charge in [-0.25, -0.2) is 14.0 Å². The van der Waals surface area contributed by atoms with E-state index in [-0.39, 0.29) is 5.69 Å². The number of carboxylic acids is 1. The standard InChI is InChI=1S/C11H12FN3O5/c1-6(10(16)17)14(2)11(18)13-9-4-3-7(15(19)20)5-8(9)12/h3-6H,1-2H3,(H,13,18)(H,16,17). The molecule has 0 heterocycles. The molecule has 1 rings (SSSR count). The summed E-state index contributed by atoms with van der Waals surface area (Å²) in [5.74, 6) is -2.20. The fourth-order valence-electron chi connectivity index (χ4n) is 1.26. The number of hydrogen-bond acceptors (Lipinski definition) is 4. The summed E-state index contributed by atoms with van der Waals surface area (Å²) in [6.07, 6.45) is 0. The highest BCUT2D eigenvalue weighted by molar-refractivity contribution is 5.92. The minimum Gasteiger partial charge on any atom is -0.480 e. The Morgan fingerprint density at radius 2 is 2.10 bits per heavy atom. The maximum Gasteiger partial charge on any atom is 0.326 e. The molecular formula is C11H12FN3O5. The van der Waals surface area contributed by atoms with Crippen molar-refractivity contribution in [1.82, 2.24) is 4.90 Å². The molecule has 1 aromatic carbocycles. The highest BCUT2D eigenvalue weighted by atomic mass is 19.1. The SMILES string of the molecule is CC(C(=O)O)N(C)C(=O)Nc1ccc([N+](=O)[O-])cc1F. The molecule has 8 nitrogen and oxygen atoms in total. The lowest BCUT2D eigenvalue weighted by atomic mass is 10.2. The molecule has 0 aromatic heterocycles. The molecule has 0 aliphatic heterocycles. The van der Waals surface area contributed by atoms with Crippen LogP contribution in [0.25, 0.3) is 0 Å². The molecule has 0 spiro atoms. The lowest BCUT2D eigenvalue weighted by molar-refractivity contribution is -0.385. The van der Waals surface area contributed by atoms with Gasteiger partial charge in [-0.2, -0.15) is 0 Å². The number of nitro groups is 1. The maximum atomic E-state index is 13.5. The third-order valence-electron chi connectivity index (χ3n) is 2.66. The van der Waals surface area contributed by atoms with Crippen LogP contribution < -0.4 is 5.32 Å². The normalized spacial score (nSPS) is 11.6. The van der Waals surface area contributed by atoms with Crippen LogP contribution in [-0.4, -0.2) is 40.0 Å². The molecular weight excluding hydrogens is 273 g/mol. The number of nitro benzene ring substituents is 1. The van der Waals surface area contributed by atoms with Crippen molar-refractivity contribution < 1.29 is 24.0 Å². The van der Waals surface area contributed by atoms with Gasteiger partial charge < -0.3 is 15.3 Å². The second-order valence-electron chi connectivity index (χ2n) is 3.98. The zero-order chi connectivity index (χ0) is 15.4. The molecule has 0 saturated heterocycles. The van der Waals surface area contributed by atoms with Gasteiger partial charge in [-0.15, -0.1) is 0 Å². The molecule has 2 amide bonds. The first-order valence-electron chi connectivity index (χ1n) is 5.44. The number of nitrogens with one attached hydrogen (secondary N) is 1. The minimum absolute atomic E-state index is 0.273. The molecule has 108 valence electrons. The summed E-state index contributed by atoms with van der Waals surface area (Å²) in [7, 11) is 1.23. The van der Waals surface area contributed by atoms with Crippen molar-refractivity contribution >= 4 is 23.4 Å². The molecule has 20 heavy (non-hydrogen) atoms. The van der Waals surface area contributed by atoms with Crippen molar-refractivity contribution in [3.8, 4) is 0 Å². The number of amides is 2. The van der Waals surface area contributed by atoms with Gasteiger partial charge in [-0.3, -0.25) is 10.1 Å². The third kappa shape index (κ3) is 3.40. The van der Waals surface area contributed by atoms with Crippen LogP contribution in [-0.2, 0) is 4.79 Å². The molecule has 0 bridgehead atoms. The molecule has 1 atom stereocenters. The number of aliphatic carboxylic acids is 1. The van der Waals surface area contributed by atoms with Gasteiger partial charge in [0.15, 0.2) is 5.82 Å². The molecule has 0 fully saturated rings. The van der Waals surface area contributed by atoms with Crippen molar-refractivity contribution in [3.63, 3.8) is 0 Å². The van der Waals surface area contributed by atoms with Crippen LogP contribution in [0.5, 0.6) is 0 Å². The van der Waals surface area contributed by atoms with E-state index in [0.717, 1.165) is 17.0 Å². The van der Waals surface area contributed by atoms with E-state index in [2.05, 4.69) is 5.32 Å².